The highest BCUT2D eigenvalue weighted by atomic mass is 16.6. The van der Waals surface area contributed by atoms with E-state index in [1.54, 1.807) is 6.92 Å². The smallest absolute Gasteiger partial charge is 0.333 e. The van der Waals surface area contributed by atoms with Crippen LogP contribution >= 0.6 is 0 Å². The van der Waals surface area contributed by atoms with Gasteiger partial charge < -0.3 is 24.8 Å². The summed E-state index contributed by atoms with van der Waals surface area (Å²) in [5, 5.41) is 35.9. The molecule has 4 saturated carbocycles. The van der Waals surface area contributed by atoms with Crippen LogP contribution in [0, 0.1) is 34.5 Å². The highest BCUT2D eigenvalue weighted by molar-refractivity contribution is 5.89. The van der Waals surface area contributed by atoms with Crippen molar-refractivity contribution in [1.29, 1.82) is 0 Å². The molecule has 7 nitrogen and oxygen atoms in total. The first-order chi connectivity index (χ1) is 16.3. The van der Waals surface area contributed by atoms with E-state index in [1.807, 2.05) is 27.7 Å². The van der Waals surface area contributed by atoms with E-state index in [0.717, 1.165) is 5.57 Å². The van der Waals surface area contributed by atoms with Crippen molar-refractivity contribution in [1.82, 2.24) is 0 Å². The van der Waals surface area contributed by atoms with Crippen molar-refractivity contribution in [2.24, 2.45) is 34.5 Å². The van der Waals surface area contributed by atoms with Crippen molar-refractivity contribution < 1.29 is 34.4 Å². The Hall–Kier alpha value is -1.28. The van der Waals surface area contributed by atoms with Crippen LogP contribution in [-0.4, -0.2) is 62.7 Å². The summed E-state index contributed by atoms with van der Waals surface area (Å²) in [5.41, 5.74) is -2.57. The molecule has 12 atom stereocenters. The molecule has 0 aromatic heterocycles. The highest BCUT2D eigenvalue weighted by Gasteiger charge is 2.80. The minimum Gasteiger partial charge on any atom is -0.458 e. The lowest BCUT2D eigenvalue weighted by atomic mass is 9.42. The number of cyclic esters (lactones) is 1. The van der Waals surface area contributed by atoms with Crippen LogP contribution in [-0.2, 0) is 19.1 Å². The van der Waals surface area contributed by atoms with Gasteiger partial charge in [0.15, 0.2) is 0 Å². The van der Waals surface area contributed by atoms with Crippen molar-refractivity contribution >= 4 is 11.8 Å². The van der Waals surface area contributed by atoms with E-state index in [0.29, 0.717) is 50.5 Å². The molecule has 7 heteroatoms. The van der Waals surface area contributed by atoms with Crippen LogP contribution in [0.25, 0.3) is 0 Å². The Morgan fingerprint density at radius 1 is 1.09 bits per heavy atom. The summed E-state index contributed by atoms with van der Waals surface area (Å²) in [5.74, 6) is -0.844. The fourth-order valence-electron chi connectivity index (χ4n) is 9.64. The third-order valence-electron chi connectivity index (χ3n) is 12.2. The molecular weight excluding hydrogens is 448 g/mol. The summed E-state index contributed by atoms with van der Waals surface area (Å²) in [6.07, 6.45) is 2.04. The van der Waals surface area contributed by atoms with Gasteiger partial charge in [-0.2, -0.15) is 0 Å². The number of ketones is 1. The number of epoxide rings is 1. The molecule has 0 radical (unpaired) electrons. The monoisotopic (exact) mass is 488 g/mol. The van der Waals surface area contributed by atoms with Gasteiger partial charge >= 0.3 is 5.97 Å². The van der Waals surface area contributed by atoms with Crippen LogP contribution in [0.5, 0.6) is 0 Å². The first-order valence-electron chi connectivity index (χ1n) is 13.5. The lowest BCUT2D eigenvalue weighted by Gasteiger charge is -2.63. The average Bonchev–Trinajstić information content (AvgIpc) is 3.56. The number of esters is 1. The second kappa shape index (κ2) is 7.18. The van der Waals surface area contributed by atoms with Crippen LogP contribution in [0.2, 0.25) is 0 Å². The molecule has 35 heavy (non-hydrogen) atoms. The van der Waals surface area contributed by atoms with Crippen molar-refractivity contribution in [2.75, 3.05) is 0 Å². The summed E-state index contributed by atoms with van der Waals surface area (Å²) in [6, 6.07) is 0. The molecule has 194 valence electrons. The number of Topliss-reactive ketones (excluding diaryl/α,β-unsaturated/α-hetero) is 1. The van der Waals surface area contributed by atoms with Crippen molar-refractivity contribution in [3.8, 4) is 0 Å². The zero-order chi connectivity index (χ0) is 25.3. The van der Waals surface area contributed by atoms with E-state index in [4.69, 9.17) is 9.47 Å². The Bertz CT molecular complexity index is 1020. The molecule has 0 aromatic rings. The van der Waals surface area contributed by atoms with Crippen LogP contribution in [0.1, 0.15) is 79.6 Å². The Morgan fingerprint density at radius 2 is 1.80 bits per heavy atom. The first-order valence-corrected chi connectivity index (χ1v) is 13.5. The van der Waals surface area contributed by atoms with Gasteiger partial charge in [0.05, 0.1) is 23.2 Å². The van der Waals surface area contributed by atoms with Gasteiger partial charge in [0.2, 0.25) is 0 Å². The molecule has 3 N–H and O–H groups in total. The van der Waals surface area contributed by atoms with Gasteiger partial charge in [0.1, 0.15) is 23.6 Å². The summed E-state index contributed by atoms with van der Waals surface area (Å²) in [7, 11) is 0. The minimum absolute atomic E-state index is 0.000248. The molecule has 6 aliphatic rings. The third-order valence-corrected chi connectivity index (χ3v) is 12.2. The number of aliphatic hydroxyl groups is 3. The average molecular weight is 489 g/mol. The van der Waals surface area contributed by atoms with Crippen LogP contribution in [0.4, 0.5) is 0 Å². The molecule has 6 rings (SSSR count). The maximum atomic E-state index is 13.4. The first kappa shape index (κ1) is 24.1. The molecule has 0 spiro atoms. The molecule has 5 fully saturated rings. The number of aliphatic hydroxyl groups excluding tert-OH is 1. The SMILES string of the molecule is CC1=C(C)C(=O)O[C@H]([C@@H](C)[C@@]2(O)CC[C@H]3[C@@H]4[C@@H]5O[C@@H]5[C@@]5(O)CCCC(=O)[C@]5(C)[C@H]4C[C@H](O)[C@@]32C)C1. The topological polar surface area (TPSA) is 117 Å². The zero-order valence-electron chi connectivity index (χ0n) is 21.5. The Balaban J connectivity index is 1.37. The third kappa shape index (κ3) is 2.66. The van der Waals surface area contributed by atoms with Crippen molar-refractivity contribution in [3.63, 3.8) is 0 Å². The lowest BCUT2D eigenvalue weighted by molar-refractivity contribution is -0.238. The Kier molecular flexibility index (Phi) is 4.94. The molecule has 0 bridgehead atoms. The minimum atomic E-state index is -1.23. The summed E-state index contributed by atoms with van der Waals surface area (Å²) >= 11 is 0. The predicted octanol–water partition coefficient (Wildman–Crippen LogP) is 2.69. The Labute approximate surface area is 207 Å². The van der Waals surface area contributed by atoms with Crippen LogP contribution in [0.15, 0.2) is 11.1 Å². The number of ether oxygens (including phenoxy) is 2. The molecule has 2 heterocycles. The van der Waals surface area contributed by atoms with Crippen molar-refractivity contribution in [2.45, 2.75) is 115 Å². The molecule has 0 aromatic carbocycles. The standard InChI is InChI=1S/C28H40O7/c1-13-11-18(34-24(31)14(13)2)15(3)27(32)10-8-16-21-17(12-20(30)25(16,27)4)26(5)19(29)7-6-9-28(26,33)23-22(21)35-23/h15-18,20-23,30,32-33H,6-12H2,1-5H3/t15-,16+,17+,18+,20+,21+,22+,23+,25-,26+,27+,28+/m1/s1. The molecular formula is C28H40O7. The maximum absolute atomic E-state index is 13.4. The van der Waals surface area contributed by atoms with E-state index in [2.05, 4.69) is 0 Å². The normalized spacial score (nSPS) is 55.9. The number of carbonyl (C=O) groups excluding carboxylic acids is 2. The van der Waals surface area contributed by atoms with Crippen LogP contribution in [0.3, 0.4) is 0 Å². The van der Waals surface area contributed by atoms with E-state index in [1.165, 1.54) is 0 Å². The maximum Gasteiger partial charge on any atom is 0.333 e. The molecule has 0 unspecified atom stereocenters. The molecule has 2 aliphatic heterocycles. The zero-order valence-corrected chi connectivity index (χ0v) is 21.5. The number of fused-ring (bicyclic) bond motifs is 8. The highest BCUT2D eigenvalue weighted by Crippen LogP contribution is 2.73. The Morgan fingerprint density at radius 3 is 2.49 bits per heavy atom. The quantitative estimate of drug-likeness (QED) is 0.404. The molecule has 0 amide bonds. The van der Waals surface area contributed by atoms with Crippen molar-refractivity contribution in [3.05, 3.63) is 11.1 Å². The van der Waals surface area contributed by atoms with Gasteiger partial charge in [0, 0.05) is 29.7 Å². The fraction of sp³-hybridized carbons (Fsp3) is 0.857. The summed E-state index contributed by atoms with van der Waals surface area (Å²) < 4.78 is 11.9. The number of rotatable bonds is 2. The predicted molar refractivity (Wildman–Crippen MR) is 126 cm³/mol. The van der Waals surface area contributed by atoms with Gasteiger partial charge in [-0.05, 0) is 70.6 Å². The summed E-state index contributed by atoms with van der Waals surface area (Å²) in [6.45, 7) is 9.55. The van der Waals surface area contributed by atoms with E-state index in [-0.39, 0.29) is 47.6 Å². The van der Waals surface area contributed by atoms with E-state index >= 15 is 0 Å². The number of hydrogen-bond donors (Lipinski definition) is 3. The van der Waals surface area contributed by atoms with Crippen LogP contribution < -0.4 is 0 Å². The van der Waals surface area contributed by atoms with Gasteiger partial charge in [-0.25, -0.2) is 4.79 Å². The fourth-order valence-corrected chi connectivity index (χ4v) is 9.64. The van der Waals surface area contributed by atoms with Gasteiger partial charge in [0.25, 0.3) is 0 Å². The number of hydrogen-bond acceptors (Lipinski definition) is 7. The summed E-state index contributed by atoms with van der Waals surface area (Å²) in [4.78, 5) is 25.8. The van der Waals surface area contributed by atoms with Gasteiger partial charge in [-0.3, -0.25) is 4.79 Å². The largest absolute Gasteiger partial charge is 0.458 e. The lowest BCUT2D eigenvalue weighted by Crippen LogP contribution is -2.71. The molecule has 1 saturated heterocycles. The second-order valence-corrected chi connectivity index (χ2v) is 13.1. The second-order valence-electron chi connectivity index (χ2n) is 13.1. The number of carbonyl (C=O) groups is 2. The molecule has 4 aliphatic carbocycles. The van der Waals surface area contributed by atoms with E-state index in [9.17, 15) is 24.9 Å². The van der Waals surface area contributed by atoms with E-state index < -0.39 is 34.2 Å². The van der Waals surface area contributed by atoms with Gasteiger partial charge in [-0.15, -0.1) is 0 Å². The van der Waals surface area contributed by atoms with Gasteiger partial charge in [-0.1, -0.05) is 19.4 Å².